The van der Waals surface area contributed by atoms with Gasteiger partial charge in [-0.3, -0.25) is 4.79 Å². The van der Waals surface area contributed by atoms with Gasteiger partial charge in [-0.05, 0) is 19.8 Å². The lowest BCUT2D eigenvalue weighted by Crippen LogP contribution is -2.49. The van der Waals surface area contributed by atoms with Crippen LogP contribution in [0.4, 0.5) is 0 Å². The number of amides is 1. The fourth-order valence-electron chi connectivity index (χ4n) is 2.37. The van der Waals surface area contributed by atoms with Crippen LogP contribution in [0, 0.1) is 5.41 Å². The first-order valence-corrected chi connectivity index (χ1v) is 6.19. The van der Waals surface area contributed by atoms with Crippen LogP contribution >= 0.6 is 12.2 Å². The molecule has 4 nitrogen and oxygen atoms in total. The summed E-state index contributed by atoms with van der Waals surface area (Å²) in [5.41, 5.74) is 5.11. The second kappa shape index (κ2) is 5.59. The molecule has 5 heteroatoms. The third-order valence-corrected chi connectivity index (χ3v) is 3.77. The van der Waals surface area contributed by atoms with E-state index in [9.17, 15) is 4.79 Å². The molecule has 0 spiro atoms. The van der Waals surface area contributed by atoms with Crippen LogP contribution in [-0.4, -0.2) is 40.6 Å². The topological polar surface area (TPSA) is 66.6 Å². The lowest BCUT2D eigenvalue weighted by molar-refractivity contribution is -0.138. The van der Waals surface area contributed by atoms with Crippen LogP contribution in [0.5, 0.6) is 0 Å². The van der Waals surface area contributed by atoms with Gasteiger partial charge in [0.15, 0.2) is 0 Å². The number of nitrogens with zero attached hydrogens (tertiary/aromatic N) is 1. The number of carbonyl (C=O) groups is 1. The van der Waals surface area contributed by atoms with E-state index >= 15 is 0 Å². The second-order valence-corrected chi connectivity index (χ2v) is 4.70. The molecule has 3 N–H and O–H groups in total. The minimum absolute atomic E-state index is 0.00551. The summed E-state index contributed by atoms with van der Waals surface area (Å²) >= 11 is 5.06. The molecule has 0 aromatic carbocycles. The maximum absolute atomic E-state index is 12.4. The van der Waals surface area contributed by atoms with Gasteiger partial charge in [0.2, 0.25) is 5.91 Å². The molecule has 1 rings (SSSR count). The third kappa shape index (κ3) is 2.35. The average Bonchev–Trinajstić information content (AvgIpc) is 2.75. The smallest absolute Gasteiger partial charge is 0.235 e. The van der Waals surface area contributed by atoms with Gasteiger partial charge in [0.05, 0.1) is 17.0 Å². The van der Waals surface area contributed by atoms with Gasteiger partial charge < -0.3 is 15.7 Å². The number of carbonyl (C=O) groups excluding carboxylic acids is 1. The van der Waals surface area contributed by atoms with E-state index in [4.69, 9.17) is 23.1 Å². The normalized spacial score (nSPS) is 18.4. The molecule has 0 aromatic heterocycles. The SMILES string of the molecule is CCN(CCO)C(=O)C1(C(N)=S)CCCC1. The first-order valence-electron chi connectivity index (χ1n) is 5.78. The van der Waals surface area contributed by atoms with Crippen molar-refractivity contribution in [3.05, 3.63) is 0 Å². The Bertz CT molecular complexity index is 275. The molecule has 0 aromatic rings. The molecule has 0 bridgehead atoms. The summed E-state index contributed by atoms with van der Waals surface area (Å²) in [7, 11) is 0. The van der Waals surface area contributed by atoms with Crippen molar-refractivity contribution in [3.63, 3.8) is 0 Å². The molecular weight excluding hydrogens is 224 g/mol. The predicted octanol–water partition coefficient (Wildman–Crippen LogP) is 0.674. The highest BCUT2D eigenvalue weighted by molar-refractivity contribution is 7.80. The quantitative estimate of drug-likeness (QED) is 0.698. The molecule has 0 heterocycles. The Morgan fingerprint density at radius 1 is 1.50 bits per heavy atom. The van der Waals surface area contributed by atoms with E-state index in [0.717, 1.165) is 25.7 Å². The molecule has 0 atom stereocenters. The molecule has 0 aliphatic heterocycles. The Hall–Kier alpha value is -0.680. The first-order chi connectivity index (χ1) is 7.58. The fraction of sp³-hybridized carbons (Fsp3) is 0.818. The van der Waals surface area contributed by atoms with E-state index in [1.54, 1.807) is 4.90 Å². The summed E-state index contributed by atoms with van der Waals surface area (Å²) in [4.78, 5) is 14.3. The molecule has 92 valence electrons. The van der Waals surface area contributed by atoms with Gasteiger partial charge in [-0.15, -0.1) is 0 Å². The minimum atomic E-state index is -0.638. The summed E-state index contributed by atoms with van der Waals surface area (Å²) in [5, 5.41) is 8.92. The number of hydrogen-bond donors (Lipinski definition) is 2. The average molecular weight is 244 g/mol. The van der Waals surface area contributed by atoms with Gasteiger partial charge in [-0.2, -0.15) is 0 Å². The predicted molar refractivity (Wildman–Crippen MR) is 67.0 cm³/mol. The molecule has 1 aliphatic carbocycles. The molecule has 0 radical (unpaired) electrons. The van der Waals surface area contributed by atoms with Gasteiger partial charge in [-0.25, -0.2) is 0 Å². The molecule has 1 saturated carbocycles. The maximum Gasteiger partial charge on any atom is 0.235 e. The van der Waals surface area contributed by atoms with Gasteiger partial charge in [0.1, 0.15) is 0 Å². The van der Waals surface area contributed by atoms with Crippen molar-refractivity contribution in [3.8, 4) is 0 Å². The summed E-state index contributed by atoms with van der Waals surface area (Å²) in [6.45, 7) is 2.83. The second-order valence-electron chi connectivity index (χ2n) is 4.26. The summed E-state index contributed by atoms with van der Waals surface area (Å²) in [6, 6.07) is 0. The molecule has 1 fully saturated rings. The summed E-state index contributed by atoms with van der Waals surface area (Å²) < 4.78 is 0. The highest BCUT2D eigenvalue weighted by atomic mass is 32.1. The van der Waals surface area contributed by atoms with E-state index < -0.39 is 5.41 Å². The van der Waals surface area contributed by atoms with Crippen molar-refractivity contribution >= 4 is 23.1 Å². The van der Waals surface area contributed by atoms with E-state index in [1.165, 1.54) is 0 Å². The van der Waals surface area contributed by atoms with Crippen LogP contribution in [0.1, 0.15) is 32.6 Å². The van der Waals surface area contributed by atoms with Crippen molar-refractivity contribution in [2.24, 2.45) is 11.1 Å². The van der Waals surface area contributed by atoms with Gasteiger partial charge in [-0.1, -0.05) is 25.1 Å². The lowest BCUT2D eigenvalue weighted by atomic mass is 9.84. The summed E-state index contributed by atoms with van der Waals surface area (Å²) in [6.07, 6.45) is 3.51. The zero-order valence-electron chi connectivity index (χ0n) is 9.74. The van der Waals surface area contributed by atoms with Crippen LogP contribution < -0.4 is 5.73 Å². The van der Waals surface area contributed by atoms with Crippen LogP contribution in [0.25, 0.3) is 0 Å². The van der Waals surface area contributed by atoms with E-state index in [-0.39, 0.29) is 12.5 Å². The van der Waals surface area contributed by atoms with E-state index in [0.29, 0.717) is 18.1 Å². The Morgan fingerprint density at radius 2 is 2.06 bits per heavy atom. The van der Waals surface area contributed by atoms with Crippen molar-refractivity contribution < 1.29 is 9.90 Å². The number of likely N-dealkylation sites (N-methyl/N-ethyl adjacent to an activating group) is 1. The van der Waals surface area contributed by atoms with Gasteiger partial charge in [0, 0.05) is 13.1 Å². The largest absolute Gasteiger partial charge is 0.395 e. The number of aliphatic hydroxyl groups excluding tert-OH is 1. The Labute approximate surface area is 102 Å². The Balaban J connectivity index is 2.86. The number of nitrogens with two attached hydrogens (primary N) is 1. The van der Waals surface area contributed by atoms with E-state index in [2.05, 4.69) is 0 Å². The molecule has 1 aliphatic rings. The first kappa shape index (κ1) is 13.4. The Kier molecular flexibility index (Phi) is 4.68. The molecular formula is C11H20N2O2S. The van der Waals surface area contributed by atoms with E-state index in [1.807, 2.05) is 6.92 Å². The van der Waals surface area contributed by atoms with Crippen molar-refractivity contribution in [1.82, 2.24) is 4.90 Å². The number of thiocarbonyl (C=S) groups is 1. The highest BCUT2D eigenvalue weighted by Crippen LogP contribution is 2.40. The maximum atomic E-state index is 12.4. The Morgan fingerprint density at radius 3 is 2.44 bits per heavy atom. The highest BCUT2D eigenvalue weighted by Gasteiger charge is 2.45. The summed E-state index contributed by atoms with van der Waals surface area (Å²) in [5.74, 6) is -0.00551. The van der Waals surface area contributed by atoms with Crippen molar-refractivity contribution in [2.75, 3.05) is 19.7 Å². The van der Waals surface area contributed by atoms with Crippen LogP contribution in [0.3, 0.4) is 0 Å². The van der Waals surface area contributed by atoms with Crippen LogP contribution in [0.2, 0.25) is 0 Å². The number of rotatable bonds is 5. The number of hydrogen-bond acceptors (Lipinski definition) is 3. The number of aliphatic hydroxyl groups is 1. The van der Waals surface area contributed by atoms with Crippen LogP contribution in [0.15, 0.2) is 0 Å². The molecule has 1 amide bonds. The minimum Gasteiger partial charge on any atom is -0.395 e. The zero-order chi connectivity index (χ0) is 12.2. The standard InChI is InChI=1S/C11H20N2O2S/c1-2-13(7-8-14)10(15)11(9(12)16)5-3-4-6-11/h14H,2-8H2,1H3,(H2,12,16). The lowest BCUT2D eigenvalue weighted by Gasteiger charge is -2.32. The monoisotopic (exact) mass is 244 g/mol. The van der Waals surface area contributed by atoms with Gasteiger partial charge >= 0.3 is 0 Å². The fourth-order valence-corrected chi connectivity index (χ4v) is 2.66. The van der Waals surface area contributed by atoms with Crippen molar-refractivity contribution in [1.29, 1.82) is 0 Å². The van der Waals surface area contributed by atoms with Crippen molar-refractivity contribution in [2.45, 2.75) is 32.6 Å². The molecule has 16 heavy (non-hydrogen) atoms. The zero-order valence-corrected chi connectivity index (χ0v) is 10.6. The third-order valence-electron chi connectivity index (χ3n) is 3.38. The van der Waals surface area contributed by atoms with Gasteiger partial charge in [0.25, 0.3) is 0 Å². The molecule has 0 saturated heterocycles. The molecule has 0 unspecified atom stereocenters. The van der Waals surface area contributed by atoms with Crippen LogP contribution in [-0.2, 0) is 4.79 Å².